The zero-order valence-electron chi connectivity index (χ0n) is 41.4. The van der Waals surface area contributed by atoms with Crippen molar-refractivity contribution in [2.45, 2.75) is 78.6 Å². The van der Waals surface area contributed by atoms with Gasteiger partial charge in [-0.3, -0.25) is 0 Å². The maximum Gasteiger partial charge on any atom is 0.252 e. The number of benzene rings is 9. The predicted octanol–water partition coefficient (Wildman–Crippen LogP) is 16.9. The van der Waals surface area contributed by atoms with E-state index in [1.807, 2.05) is 0 Å². The summed E-state index contributed by atoms with van der Waals surface area (Å²) >= 11 is 0. The molecule has 11 aromatic rings. The number of nitrogens with zero attached hydrogens (tertiary/aromatic N) is 2. The highest BCUT2D eigenvalue weighted by Crippen LogP contribution is 2.51. The Morgan fingerprint density at radius 3 is 1.27 bits per heavy atom. The van der Waals surface area contributed by atoms with Crippen LogP contribution >= 0.6 is 0 Å². The normalized spacial score (nSPS) is 13.1. The molecule has 0 aliphatic carbocycles. The van der Waals surface area contributed by atoms with Gasteiger partial charge in [-0.1, -0.05) is 169 Å². The van der Waals surface area contributed by atoms with Crippen molar-refractivity contribution in [3.05, 3.63) is 199 Å². The van der Waals surface area contributed by atoms with Gasteiger partial charge in [0.15, 0.2) is 0 Å². The number of hydrogen-bond donors (Lipinski definition) is 0. The van der Waals surface area contributed by atoms with E-state index >= 15 is 0 Å². The van der Waals surface area contributed by atoms with E-state index in [1.54, 1.807) is 0 Å². The molecule has 0 N–H and O–H groups in total. The number of furan rings is 2. The number of unbranched alkanes of at least 4 members (excludes halogenated alkanes) is 2. The summed E-state index contributed by atoms with van der Waals surface area (Å²) in [4.78, 5) is 5.30. The summed E-state index contributed by atoms with van der Waals surface area (Å²) in [6.07, 6.45) is 6.17. The molecule has 0 amide bonds. The van der Waals surface area contributed by atoms with Gasteiger partial charge in [-0.2, -0.15) is 0 Å². The van der Waals surface area contributed by atoms with Crippen LogP contribution < -0.4 is 26.2 Å². The number of fused-ring (bicyclic) bond motifs is 10. The van der Waals surface area contributed by atoms with Gasteiger partial charge in [-0.15, -0.1) is 0 Å². The van der Waals surface area contributed by atoms with E-state index in [9.17, 15) is 0 Å². The summed E-state index contributed by atoms with van der Waals surface area (Å²) in [5.74, 6) is 0. The quantitative estimate of drug-likeness (QED) is 0.128. The number of hydrogen-bond acceptors (Lipinski definition) is 4. The molecule has 0 unspecified atom stereocenters. The Morgan fingerprint density at radius 1 is 0.408 bits per heavy atom. The Balaban J connectivity index is 1.18. The Kier molecular flexibility index (Phi) is 10.4. The number of aryl methyl sites for hydroxylation is 2. The highest BCUT2D eigenvalue weighted by molar-refractivity contribution is 7.00. The summed E-state index contributed by atoms with van der Waals surface area (Å²) < 4.78 is 13.3. The van der Waals surface area contributed by atoms with Crippen molar-refractivity contribution in [2.24, 2.45) is 0 Å². The molecule has 2 aliphatic heterocycles. The molecule has 0 saturated carbocycles. The topological polar surface area (TPSA) is 32.8 Å². The van der Waals surface area contributed by atoms with Crippen LogP contribution in [0.4, 0.5) is 34.1 Å². The van der Waals surface area contributed by atoms with Crippen LogP contribution in [0.25, 0.3) is 66.1 Å². The smallest absolute Gasteiger partial charge is 0.252 e. The van der Waals surface area contributed by atoms with Crippen LogP contribution in [0, 0.1) is 0 Å². The van der Waals surface area contributed by atoms with Gasteiger partial charge >= 0.3 is 0 Å². The minimum Gasteiger partial charge on any atom is -0.456 e. The third-order valence-corrected chi connectivity index (χ3v) is 15.4. The van der Waals surface area contributed by atoms with E-state index in [0.29, 0.717) is 0 Å². The Morgan fingerprint density at radius 2 is 0.831 bits per heavy atom. The molecule has 0 bridgehead atoms. The van der Waals surface area contributed by atoms with Crippen LogP contribution in [0.3, 0.4) is 0 Å². The second-order valence-electron chi connectivity index (χ2n) is 20.8. The molecular formula is C66H57BN2O2. The molecule has 2 aliphatic rings. The van der Waals surface area contributed by atoms with Gasteiger partial charge in [0.2, 0.25) is 0 Å². The fraction of sp³-hybridized carbons (Fsp3) is 0.182. The fourth-order valence-electron chi connectivity index (χ4n) is 12.0. The molecule has 0 radical (unpaired) electrons. The molecule has 0 spiro atoms. The summed E-state index contributed by atoms with van der Waals surface area (Å²) in [7, 11) is 0. The maximum absolute atomic E-state index is 6.65. The average molecular weight is 921 g/mol. The second-order valence-corrected chi connectivity index (χ2v) is 20.8. The van der Waals surface area contributed by atoms with Crippen LogP contribution in [0.1, 0.15) is 77.0 Å². The largest absolute Gasteiger partial charge is 0.456 e. The van der Waals surface area contributed by atoms with E-state index in [2.05, 4.69) is 226 Å². The molecule has 4 heterocycles. The standard InChI is InChI=1S/C66H57BN2O2/c1-6-8-24-47-53(34-36-61-63(47)49-26-16-18-28-59(49)70-61)68-55-32-30-44(42-20-12-10-13-21-42)38-51(55)67-52-39-45(43-22-14-11-15-23-43)31-33-56(52)69(58-41-46(66(3,4)5)40-57(68)65(58)67)54-35-37-62-64(48(54)25-9-7-2)50-27-17-19-29-60(50)71-62/h10-23,26-41H,6-9,24-25H2,1-5H3. The van der Waals surface area contributed by atoms with Gasteiger partial charge in [-0.05, 0) is 147 Å². The first-order valence-corrected chi connectivity index (χ1v) is 25.8. The minimum atomic E-state index is -0.168. The lowest BCUT2D eigenvalue weighted by Crippen LogP contribution is -2.61. The van der Waals surface area contributed by atoms with Gasteiger partial charge in [0.25, 0.3) is 6.71 Å². The van der Waals surface area contributed by atoms with Gasteiger partial charge in [0.05, 0.1) is 11.4 Å². The van der Waals surface area contributed by atoms with Gasteiger partial charge in [0, 0.05) is 44.3 Å². The predicted molar refractivity (Wildman–Crippen MR) is 302 cm³/mol. The SMILES string of the molecule is CCCCc1c(N2c3ccc(-c4ccccc4)cc3B3c4cc(-c5ccccc5)ccc4N(c4ccc5oc6ccccc6c5c4CCCC)c4cc(C(C)(C)C)cc2c43)ccc2oc3ccccc3c12. The summed E-state index contributed by atoms with van der Waals surface area (Å²) in [5, 5.41) is 4.78. The van der Waals surface area contributed by atoms with E-state index in [4.69, 9.17) is 8.83 Å². The molecule has 4 nitrogen and oxygen atoms in total. The van der Waals surface area contributed by atoms with Crippen LogP contribution in [0.5, 0.6) is 0 Å². The Hall–Kier alpha value is -7.76. The zero-order chi connectivity index (χ0) is 48.0. The zero-order valence-corrected chi connectivity index (χ0v) is 41.4. The minimum absolute atomic E-state index is 0.0750. The van der Waals surface area contributed by atoms with E-state index < -0.39 is 0 Å². The van der Waals surface area contributed by atoms with Crippen molar-refractivity contribution in [2.75, 3.05) is 9.80 Å². The summed E-state index contributed by atoms with van der Waals surface area (Å²) in [6, 6.07) is 67.8. The van der Waals surface area contributed by atoms with Crippen LogP contribution in [-0.2, 0) is 18.3 Å². The molecule has 0 atom stereocenters. The number of rotatable bonds is 10. The molecule has 9 aromatic carbocycles. The second kappa shape index (κ2) is 17.0. The average Bonchev–Trinajstić information content (AvgIpc) is 3.98. The molecule has 0 saturated heterocycles. The third-order valence-electron chi connectivity index (χ3n) is 15.4. The number of para-hydroxylation sites is 2. The lowest BCUT2D eigenvalue weighted by Gasteiger charge is -2.46. The number of anilines is 6. The third kappa shape index (κ3) is 6.95. The lowest BCUT2D eigenvalue weighted by atomic mass is 9.33. The maximum atomic E-state index is 6.65. The molecule has 2 aromatic heterocycles. The van der Waals surface area contributed by atoms with E-state index in [-0.39, 0.29) is 12.1 Å². The molecule has 346 valence electrons. The van der Waals surface area contributed by atoms with Crippen molar-refractivity contribution in [1.82, 2.24) is 0 Å². The Bertz CT molecular complexity index is 3620. The van der Waals surface area contributed by atoms with Crippen LogP contribution in [0.15, 0.2) is 191 Å². The Labute approximate surface area is 417 Å². The molecule has 0 fully saturated rings. The van der Waals surface area contributed by atoms with Crippen LogP contribution in [-0.4, -0.2) is 6.71 Å². The summed E-state index contributed by atoms with van der Waals surface area (Å²) in [6.45, 7) is 11.6. The molecule has 5 heteroatoms. The van der Waals surface area contributed by atoms with Gasteiger partial charge in [0.1, 0.15) is 22.3 Å². The fourth-order valence-corrected chi connectivity index (χ4v) is 12.0. The first-order valence-electron chi connectivity index (χ1n) is 25.8. The summed E-state index contributed by atoms with van der Waals surface area (Å²) in [5.41, 5.74) is 23.6. The van der Waals surface area contributed by atoms with Gasteiger partial charge < -0.3 is 18.6 Å². The van der Waals surface area contributed by atoms with Gasteiger partial charge in [-0.25, -0.2) is 0 Å². The van der Waals surface area contributed by atoms with Crippen molar-refractivity contribution in [3.8, 4) is 22.3 Å². The van der Waals surface area contributed by atoms with E-state index in [0.717, 1.165) is 60.9 Å². The highest BCUT2D eigenvalue weighted by Gasteiger charge is 2.45. The molecule has 71 heavy (non-hydrogen) atoms. The lowest BCUT2D eigenvalue weighted by molar-refractivity contribution is 0.590. The van der Waals surface area contributed by atoms with Crippen LogP contribution in [0.2, 0.25) is 0 Å². The van der Waals surface area contributed by atoms with Crippen molar-refractivity contribution in [1.29, 1.82) is 0 Å². The molecule has 13 rings (SSSR count). The van der Waals surface area contributed by atoms with Crippen molar-refractivity contribution < 1.29 is 8.83 Å². The monoisotopic (exact) mass is 920 g/mol. The first kappa shape index (κ1) is 43.3. The van der Waals surface area contributed by atoms with E-state index in [1.165, 1.54) is 111 Å². The highest BCUT2D eigenvalue weighted by atomic mass is 16.3. The van der Waals surface area contributed by atoms with Crippen molar-refractivity contribution in [3.63, 3.8) is 0 Å². The van der Waals surface area contributed by atoms with Crippen molar-refractivity contribution >= 4 is 101 Å². The molecular weight excluding hydrogens is 864 g/mol. The first-order chi connectivity index (χ1) is 34.8.